The molecule has 0 saturated heterocycles. The van der Waals surface area contributed by atoms with Crippen LogP contribution in [0.4, 0.5) is 5.13 Å². The van der Waals surface area contributed by atoms with Gasteiger partial charge in [0, 0.05) is 28.5 Å². The minimum absolute atomic E-state index is 0. The first-order valence-corrected chi connectivity index (χ1v) is 8.69. The van der Waals surface area contributed by atoms with Gasteiger partial charge in [0.25, 0.3) is 0 Å². The molecule has 0 spiro atoms. The fourth-order valence-electron chi connectivity index (χ4n) is 2.77. The lowest BCUT2D eigenvalue weighted by molar-refractivity contribution is 0.218. The highest BCUT2D eigenvalue weighted by Crippen LogP contribution is 2.38. The molecular weight excluding hydrogens is 324 g/mol. The van der Waals surface area contributed by atoms with Gasteiger partial charge in [0.1, 0.15) is 0 Å². The average Bonchev–Trinajstić information content (AvgIpc) is 3.03. The minimum Gasteiger partial charge on any atom is -0.375 e. The van der Waals surface area contributed by atoms with Crippen LogP contribution in [0.15, 0.2) is 6.20 Å². The zero-order valence-electron chi connectivity index (χ0n) is 12.3. The molecule has 21 heavy (non-hydrogen) atoms. The number of halogens is 1. The van der Waals surface area contributed by atoms with E-state index in [0.29, 0.717) is 11.2 Å². The smallest absolute Gasteiger partial charge is 0.180 e. The molecule has 2 aromatic rings. The Balaban J connectivity index is 0.00000161. The summed E-state index contributed by atoms with van der Waals surface area (Å²) in [5, 5.41) is 1.93. The van der Waals surface area contributed by atoms with Crippen molar-refractivity contribution in [2.45, 2.75) is 45.2 Å². The highest BCUT2D eigenvalue weighted by Gasteiger charge is 2.27. The third-order valence-electron chi connectivity index (χ3n) is 3.78. The maximum Gasteiger partial charge on any atom is 0.180 e. The molecule has 0 aromatic carbocycles. The van der Waals surface area contributed by atoms with Crippen molar-refractivity contribution in [2.75, 3.05) is 12.8 Å². The molecule has 116 valence electrons. The number of nitrogen functional groups attached to an aromatic ring is 1. The Kier molecular flexibility index (Phi) is 5.60. The third-order valence-corrected chi connectivity index (χ3v) is 5.93. The number of nitrogens with zero attached hydrogens (tertiary/aromatic N) is 3. The zero-order valence-corrected chi connectivity index (χ0v) is 14.8. The van der Waals surface area contributed by atoms with Crippen molar-refractivity contribution in [1.82, 2.24) is 14.9 Å². The zero-order chi connectivity index (χ0) is 14.1. The molecule has 0 bridgehead atoms. The molecular formula is C14H21ClN4S2. The summed E-state index contributed by atoms with van der Waals surface area (Å²) in [4.78, 5) is 14.0. The van der Waals surface area contributed by atoms with Crippen LogP contribution in [-0.2, 0) is 19.4 Å². The first-order valence-electron chi connectivity index (χ1n) is 7.06. The quantitative estimate of drug-likeness (QED) is 0.919. The summed E-state index contributed by atoms with van der Waals surface area (Å²) in [5.74, 6) is 0. The third kappa shape index (κ3) is 3.56. The van der Waals surface area contributed by atoms with Crippen LogP contribution in [0, 0.1) is 0 Å². The summed E-state index contributed by atoms with van der Waals surface area (Å²) >= 11 is 3.48. The van der Waals surface area contributed by atoms with Crippen molar-refractivity contribution >= 4 is 40.2 Å². The van der Waals surface area contributed by atoms with Crippen LogP contribution in [0.25, 0.3) is 0 Å². The Bertz CT molecular complexity index is 596. The van der Waals surface area contributed by atoms with Crippen LogP contribution in [0.5, 0.6) is 0 Å². The van der Waals surface area contributed by atoms with E-state index in [1.807, 2.05) is 17.5 Å². The molecule has 0 amide bonds. The predicted octanol–water partition coefficient (Wildman–Crippen LogP) is 3.68. The second-order valence-electron chi connectivity index (χ2n) is 5.26. The summed E-state index contributed by atoms with van der Waals surface area (Å²) in [6.45, 7) is 3.10. The maximum absolute atomic E-state index is 5.71. The van der Waals surface area contributed by atoms with Gasteiger partial charge in [-0.1, -0.05) is 6.92 Å². The van der Waals surface area contributed by atoms with Gasteiger partial charge >= 0.3 is 0 Å². The van der Waals surface area contributed by atoms with E-state index in [2.05, 4.69) is 23.9 Å². The number of anilines is 1. The van der Waals surface area contributed by atoms with Crippen molar-refractivity contribution in [3.05, 3.63) is 26.7 Å². The van der Waals surface area contributed by atoms with Crippen molar-refractivity contribution in [1.29, 1.82) is 0 Å². The molecule has 2 N–H and O–H groups in total. The molecule has 4 nitrogen and oxygen atoms in total. The monoisotopic (exact) mass is 344 g/mol. The Labute approximate surface area is 139 Å². The Morgan fingerprint density at radius 1 is 1.43 bits per heavy atom. The molecule has 1 aliphatic rings. The standard InChI is InChI=1S/C14H20N4S2.ClH/c1-3-12-17-10-5-4-6-11(13(10)20-12)18(2)8-9-7-16-14(15)19-9;/h7,11H,3-6,8H2,1-2H3,(H2,15,16);1H. The topological polar surface area (TPSA) is 55.0 Å². The van der Waals surface area contributed by atoms with Crippen LogP contribution in [0.2, 0.25) is 0 Å². The van der Waals surface area contributed by atoms with Gasteiger partial charge in [0.15, 0.2) is 5.13 Å². The first kappa shape index (κ1) is 16.7. The normalized spacial score (nSPS) is 17.6. The largest absolute Gasteiger partial charge is 0.375 e. The average molecular weight is 345 g/mol. The Hall–Kier alpha value is -0.690. The fourth-order valence-corrected chi connectivity index (χ4v) is 4.77. The first-order chi connectivity index (χ1) is 9.67. The van der Waals surface area contributed by atoms with Crippen molar-refractivity contribution < 1.29 is 0 Å². The minimum atomic E-state index is 0. The van der Waals surface area contributed by atoms with Gasteiger partial charge in [0.2, 0.25) is 0 Å². The Morgan fingerprint density at radius 2 is 2.24 bits per heavy atom. The summed E-state index contributed by atoms with van der Waals surface area (Å²) in [6.07, 6.45) is 6.54. The van der Waals surface area contributed by atoms with Gasteiger partial charge in [-0.3, -0.25) is 4.90 Å². The lowest BCUT2D eigenvalue weighted by Gasteiger charge is -2.30. The van der Waals surface area contributed by atoms with Gasteiger partial charge in [-0.2, -0.15) is 0 Å². The molecule has 2 heterocycles. The molecule has 1 unspecified atom stereocenters. The summed E-state index contributed by atoms with van der Waals surface area (Å²) in [7, 11) is 2.20. The number of thiazole rings is 2. The number of aromatic nitrogens is 2. The van der Waals surface area contributed by atoms with E-state index in [4.69, 9.17) is 10.7 Å². The van der Waals surface area contributed by atoms with Crippen molar-refractivity contribution in [3.63, 3.8) is 0 Å². The van der Waals surface area contributed by atoms with E-state index in [1.54, 1.807) is 11.3 Å². The summed E-state index contributed by atoms with van der Waals surface area (Å²) in [5.41, 5.74) is 7.04. The second-order valence-corrected chi connectivity index (χ2v) is 7.52. The van der Waals surface area contributed by atoms with Crippen LogP contribution >= 0.6 is 35.1 Å². The van der Waals surface area contributed by atoms with E-state index in [9.17, 15) is 0 Å². The molecule has 7 heteroatoms. The second kappa shape index (κ2) is 7.05. The SMILES string of the molecule is CCc1nc2c(s1)C(N(C)Cc1cnc(N)s1)CCC2.Cl. The maximum atomic E-state index is 5.71. The number of rotatable bonds is 4. The van der Waals surface area contributed by atoms with E-state index >= 15 is 0 Å². The van der Waals surface area contributed by atoms with Gasteiger partial charge in [-0.05, 0) is 32.7 Å². The van der Waals surface area contributed by atoms with Crippen LogP contribution < -0.4 is 5.73 Å². The lowest BCUT2D eigenvalue weighted by Crippen LogP contribution is -2.26. The van der Waals surface area contributed by atoms with Gasteiger partial charge in [-0.15, -0.1) is 35.1 Å². The van der Waals surface area contributed by atoms with Gasteiger partial charge in [0.05, 0.1) is 10.7 Å². The number of aryl methyl sites for hydroxylation is 2. The molecule has 0 radical (unpaired) electrons. The van der Waals surface area contributed by atoms with Crippen molar-refractivity contribution in [3.8, 4) is 0 Å². The van der Waals surface area contributed by atoms with E-state index in [-0.39, 0.29) is 12.4 Å². The van der Waals surface area contributed by atoms with E-state index in [0.717, 1.165) is 19.4 Å². The number of nitrogens with two attached hydrogens (primary N) is 1. The lowest BCUT2D eigenvalue weighted by atomic mass is 9.97. The number of fused-ring (bicyclic) bond motifs is 1. The van der Waals surface area contributed by atoms with Crippen LogP contribution in [0.1, 0.15) is 46.3 Å². The molecule has 0 fully saturated rings. The number of hydrogen-bond acceptors (Lipinski definition) is 6. The van der Waals surface area contributed by atoms with Gasteiger partial charge < -0.3 is 5.73 Å². The molecule has 1 aliphatic carbocycles. The molecule has 2 aromatic heterocycles. The molecule has 0 aliphatic heterocycles. The van der Waals surface area contributed by atoms with Crippen LogP contribution in [0.3, 0.4) is 0 Å². The van der Waals surface area contributed by atoms with E-state index < -0.39 is 0 Å². The number of hydrogen-bond donors (Lipinski definition) is 1. The van der Waals surface area contributed by atoms with Crippen LogP contribution in [-0.4, -0.2) is 21.9 Å². The highest BCUT2D eigenvalue weighted by molar-refractivity contribution is 7.15. The van der Waals surface area contributed by atoms with Gasteiger partial charge in [-0.25, -0.2) is 9.97 Å². The van der Waals surface area contributed by atoms with E-state index in [1.165, 1.54) is 33.3 Å². The molecule has 0 saturated carbocycles. The molecule has 1 atom stereocenters. The Morgan fingerprint density at radius 3 is 2.90 bits per heavy atom. The molecule has 3 rings (SSSR count). The summed E-state index contributed by atoms with van der Waals surface area (Å²) in [6, 6.07) is 0.500. The fraction of sp³-hybridized carbons (Fsp3) is 0.571. The predicted molar refractivity (Wildman–Crippen MR) is 92.4 cm³/mol. The summed E-state index contributed by atoms with van der Waals surface area (Å²) < 4.78 is 0. The van der Waals surface area contributed by atoms with Crippen molar-refractivity contribution in [2.24, 2.45) is 0 Å². The highest BCUT2D eigenvalue weighted by atomic mass is 35.5.